The maximum Gasteiger partial charge on any atom is 0.337 e. The van der Waals surface area contributed by atoms with Gasteiger partial charge in [-0.05, 0) is 19.4 Å². The van der Waals surface area contributed by atoms with Crippen LogP contribution in [-0.2, 0) is 0 Å². The third kappa shape index (κ3) is 4.24. The minimum Gasteiger partial charge on any atom is -0.478 e. The van der Waals surface area contributed by atoms with Gasteiger partial charge in [0.25, 0.3) is 0 Å². The lowest BCUT2D eigenvalue weighted by molar-refractivity contribution is 0.0696. The molecule has 0 fully saturated rings. The number of carboxylic acid groups (broad SMARTS) is 1. The highest BCUT2D eigenvalue weighted by Gasteiger charge is 2.15. The van der Waals surface area contributed by atoms with E-state index >= 15 is 0 Å². The summed E-state index contributed by atoms with van der Waals surface area (Å²) in [7, 11) is 1.71. The average Bonchev–Trinajstić information content (AvgIpc) is 2.38. The summed E-state index contributed by atoms with van der Waals surface area (Å²) in [5.41, 5.74) is 0.419. The van der Waals surface area contributed by atoms with Crippen molar-refractivity contribution in [3.05, 3.63) is 24.0 Å². The van der Waals surface area contributed by atoms with Crippen LogP contribution in [0.25, 0.3) is 0 Å². The zero-order valence-corrected chi connectivity index (χ0v) is 11.4. The van der Waals surface area contributed by atoms with Gasteiger partial charge < -0.3 is 15.3 Å². The van der Waals surface area contributed by atoms with E-state index in [-0.39, 0.29) is 17.6 Å². The number of anilines is 1. The molecule has 0 radical (unpaired) electrons. The average molecular weight is 265 g/mol. The van der Waals surface area contributed by atoms with E-state index < -0.39 is 5.97 Å². The predicted octanol–water partition coefficient (Wildman–Crippen LogP) is 2.43. The minimum absolute atomic E-state index is 0.0436. The second-order valence-electron chi connectivity index (χ2n) is 4.45. The van der Waals surface area contributed by atoms with E-state index in [1.54, 1.807) is 11.9 Å². The van der Waals surface area contributed by atoms with E-state index in [0.29, 0.717) is 5.69 Å². The molecule has 6 heteroatoms. The fourth-order valence-corrected chi connectivity index (χ4v) is 1.65. The van der Waals surface area contributed by atoms with Crippen molar-refractivity contribution in [2.24, 2.45) is 0 Å². The van der Waals surface area contributed by atoms with E-state index in [1.807, 2.05) is 6.92 Å². The molecule has 1 rings (SSSR count). The number of hydrogen-bond acceptors (Lipinski definition) is 3. The van der Waals surface area contributed by atoms with Crippen LogP contribution in [-0.4, -0.2) is 40.1 Å². The smallest absolute Gasteiger partial charge is 0.337 e. The van der Waals surface area contributed by atoms with E-state index in [0.717, 1.165) is 12.8 Å². The van der Waals surface area contributed by atoms with Crippen molar-refractivity contribution in [3.8, 4) is 0 Å². The molecular weight excluding hydrogens is 246 g/mol. The summed E-state index contributed by atoms with van der Waals surface area (Å²) < 4.78 is 0. The molecule has 19 heavy (non-hydrogen) atoms. The van der Waals surface area contributed by atoms with Gasteiger partial charge in [-0.1, -0.05) is 13.3 Å². The number of carbonyl (C=O) groups excluding carboxylic acids is 1. The molecule has 1 aromatic rings. The van der Waals surface area contributed by atoms with Crippen LogP contribution in [0.4, 0.5) is 10.5 Å². The summed E-state index contributed by atoms with van der Waals surface area (Å²) in [5, 5.41) is 11.5. The molecule has 1 unspecified atom stereocenters. The van der Waals surface area contributed by atoms with Crippen LogP contribution in [0, 0.1) is 0 Å². The molecule has 2 amide bonds. The zero-order chi connectivity index (χ0) is 14.4. The van der Waals surface area contributed by atoms with Crippen molar-refractivity contribution in [1.82, 2.24) is 9.88 Å². The first kappa shape index (κ1) is 14.9. The minimum atomic E-state index is -1.07. The van der Waals surface area contributed by atoms with Crippen LogP contribution in [0.15, 0.2) is 18.5 Å². The molecule has 0 bridgehead atoms. The molecule has 0 saturated heterocycles. The largest absolute Gasteiger partial charge is 0.478 e. The highest BCUT2D eigenvalue weighted by atomic mass is 16.4. The van der Waals surface area contributed by atoms with Gasteiger partial charge in [-0.3, -0.25) is 4.98 Å². The van der Waals surface area contributed by atoms with Crippen LogP contribution >= 0.6 is 0 Å². The highest BCUT2D eigenvalue weighted by molar-refractivity contribution is 5.92. The van der Waals surface area contributed by atoms with Crippen molar-refractivity contribution in [1.29, 1.82) is 0 Å². The molecule has 1 aromatic heterocycles. The van der Waals surface area contributed by atoms with Crippen LogP contribution in [0.1, 0.15) is 37.0 Å². The Bertz CT molecular complexity index is 462. The second kappa shape index (κ2) is 6.72. The van der Waals surface area contributed by atoms with Gasteiger partial charge in [0, 0.05) is 19.3 Å². The highest BCUT2D eigenvalue weighted by Crippen LogP contribution is 2.11. The van der Waals surface area contributed by atoms with Crippen molar-refractivity contribution in [2.45, 2.75) is 32.7 Å². The summed E-state index contributed by atoms with van der Waals surface area (Å²) in [6.45, 7) is 4.03. The van der Waals surface area contributed by atoms with Gasteiger partial charge >= 0.3 is 12.0 Å². The third-order valence-electron chi connectivity index (χ3n) is 2.92. The monoisotopic (exact) mass is 265 g/mol. The molecule has 1 atom stereocenters. The van der Waals surface area contributed by atoms with Crippen LogP contribution in [0.5, 0.6) is 0 Å². The molecule has 6 nitrogen and oxygen atoms in total. The van der Waals surface area contributed by atoms with Crippen molar-refractivity contribution in [2.75, 3.05) is 12.4 Å². The number of carboxylic acids is 1. The molecule has 0 spiro atoms. The normalized spacial score (nSPS) is 11.7. The van der Waals surface area contributed by atoms with E-state index in [4.69, 9.17) is 5.11 Å². The van der Waals surface area contributed by atoms with Gasteiger partial charge in [0.15, 0.2) is 0 Å². The Kier molecular flexibility index (Phi) is 5.29. The lowest BCUT2D eigenvalue weighted by Gasteiger charge is -2.24. The molecular formula is C13H19N3O3. The molecule has 0 saturated carbocycles. The molecule has 104 valence electrons. The van der Waals surface area contributed by atoms with Crippen molar-refractivity contribution >= 4 is 17.7 Å². The maximum absolute atomic E-state index is 11.9. The fourth-order valence-electron chi connectivity index (χ4n) is 1.65. The molecule has 0 aliphatic carbocycles. The lowest BCUT2D eigenvalue weighted by Crippen LogP contribution is -2.38. The quantitative estimate of drug-likeness (QED) is 0.856. The summed E-state index contributed by atoms with van der Waals surface area (Å²) >= 11 is 0. The van der Waals surface area contributed by atoms with Gasteiger partial charge in [-0.15, -0.1) is 0 Å². The number of amides is 2. The topological polar surface area (TPSA) is 82.5 Å². The van der Waals surface area contributed by atoms with Gasteiger partial charge in [0.2, 0.25) is 0 Å². The molecule has 2 N–H and O–H groups in total. The molecule has 1 heterocycles. The zero-order valence-electron chi connectivity index (χ0n) is 11.4. The van der Waals surface area contributed by atoms with Crippen molar-refractivity contribution in [3.63, 3.8) is 0 Å². The molecule has 0 aliphatic rings. The predicted molar refractivity (Wildman–Crippen MR) is 72.3 cm³/mol. The third-order valence-corrected chi connectivity index (χ3v) is 2.92. The van der Waals surface area contributed by atoms with E-state index in [1.165, 1.54) is 18.5 Å². The summed E-state index contributed by atoms with van der Waals surface area (Å²) in [5.74, 6) is -1.07. The number of carbonyl (C=O) groups is 2. The standard InChI is InChI=1S/C13H19N3O3/c1-4-5-9(2)16(3)13(19)15-11-6-10(12(17)18)7-14-8-11/h6-9H,4-5H2,1-3H3,(H,15,19)(H,17,18). The summed E-state index contributed by atoms with van der Waals surface area (Å²) in [4.78, 5) is 28.1. The Hall–Kier alpha value is -2.11. The Morgan fingerprint density at radius 1 is 1.47 bits per heavy atom. The van der Waals surface area contributed by atoms with Gasteiger partial charge in [-0.2, -0.15) is 0 Å². The van der Waals surface area contributed by atoms with E-state index in [9.17, 15) is 9.59 Å². The van der Waals surface area contributed by atoms with Gasteiger partial charge in [-0.25, -0.2) is 9.59 Å². The SMILES string of the molecule is CCCC(C)N(C)C(=O)Nc1cncc(C(=O)O)c1. The fraction of sp³-hybridized carbons (Fsp3) is 0.462. The first-order valence-electron chi connectivity index (χ1n) is 6.17. The van der Waals surface area contributed by atoms with Crippen LogP contribution in [0.3, 0.4) is 0 Å². The van der Waals surface area contributed by atoms with Gasteiger partial charge in [0.1, 0.15) is 0 Å². The van der Waals surface area contributed by atoms with Crippen LogP contribution < -0.4 is 5.32 Å². The number of rotatable bonds is 5. The number of nitrogens with zero attached hydrogens (tertiary/aromatic N) is 2. The molecule has 0 aliphatic heterocycles. The number of aromatic carboxylic acids is 1. The summed E-state index contributed by atoms with van der Waals surface area (Å²) in [6, 6.07) is 1.23. The number of urea groups is 1. The Balaban J connectivity index is 2.71. The number of aromatic nitrogens is 1. The number of pyridine rings is 1. The Labute approximate surface area is 112 Å². The van der Waals surface area contributed by atoms with Crippen molar-refractivity contribution < 1.29 is 14.7 Å². The summed E-state index contributed by atoms with van der Waals surface area (Å²) in [6.07, 6.45) is 4.57. The maximum atomic E-state index is 11.9. The number of hydrogen-bond donors (Lipinski definition) is 2. The first-order chi connectivity index (χ1) is 8.95. The van der Waals surface area contributed by atoms with Gasteiger partial charge in [0.05, 0.1) is 17.4 Å². The van der Waals surface area contributed by atoms with E-state index in [2.05, 4.69) is 17.2 Å². The lowest BCUT2D eigenvalue weighted by atomic mass is 10.2. The Morgan fingerprint density at radius 2 is 2.16 bits per heavy atom. The first-order valence-corrected chi connectivity index (χ1v) is 6.17. The Morgan fingerprint density at radius 3 is 2.74 bits per heavy atom. The van der Waals surface area contributed by atoms with Crippen LogP contribution in [0.2, 0.25) is 0 Å². The molecule has 0 aromatic carbocycles. The number of nitrogens with one attached hydrogen (secondary N) is 1. The second-order valence-corrected chi connectivity index (χ2v) is 4.45.